The van der Waals surface area contributed by atoms with E-state index in [0.29, 0.717) is 24.5 Å². The molecule has 6 heteroatoms. The summed E-state index contributed by atoms with van der Waals surface area (Å²) in [7, 11) is 0. The molecule has 0 spiro atoms. The molecule has 0 bridgehead atoms. The zero-order chi connectivity index (χ0) is 20.1. The Morgan fingerprint density at radius 3 is 2.61 bits per heavy atom. The van der Waals surface area contributed by atoms with Crippen molar-refractivity contribution < 1.29 is 9.59 Å². The quantitative estimate of drug-likeness (QED) is 0.640. The van der Waals surface area contributed by atoms with Gasteiger partial charge in [0.15, 0.2) is 0 Å². The molecule has 3 rings (SSSR count). The number of benzene rings is 1. The van der Waals surface area contributed by atoms with Crippen molar-refractivity contribution in [1.82, 2.24) is 9.80 Å². The molecule has 2 aromatic rings. The van der Waals surface area contributed by atoms with Crippen LogP contribution < -0.4 is 0 Å². The van der Waals surface area contributed by atoms with Crippen molar-refractivity contribution in [2.75, 3.05) is 19.6 Å². The smallest absolute Gasteiger partial charge is 0.242 e. The lowest BCUT2D eigenvalue weighted by Gasteiger charge is -2.37. The molecule has 1 aliphatic heterocycles. The number of carbonyl (C=O) groups excluding carboxylic acids is 2. The predicted molar refractivity (Wildman–Crippen MR) is 115 cm³/mol. The fourth-order valence-electron chi connectivity index (χ4n) is 3.78. The number of fused-ring (bicyclic) bond motifs is 1. The molecule has 1 atom stereocenters. The summed E-state index contributed by atoms with van der Waals surface area (Å²) in [5.74, 6) is 0.0728. The maximum atomic E-state index is 13.3. The van der Waals surface area contributed by atoms with E-state index in [1.807, 2.05) is 43.0 Å². The van der Waals surface area contributed by atoms with Crippen molar-refractivity contribution in [3.05, 3.63) is 56.7 Å². The van der Waals surface area contributed by atoms with E-state index in [4.69, 9.17) is 11.6 Å². The Hall–Kier alpha value is -1.85. The molecule has 0 fully saturated rings. The second-order valence-corrected chi connectivity index (χ2v) is 8.59. The minimum atomic E-state index is -0.121. The van der Waals surface area contributed by atoms with Gasteiger partial charge in [0.2, 0.25) is 11.8 Å². The van der Waals surface area contributed by atoms with Crippen LogP contribution in [-0.2, 0) is 16.0 Å². The second-order valence-electron chi connectivity index (χ2n) is 7.16. The Morgan fingerprint density at radius 1 is 1.18 bits per heavy atom. The van der Waals surface area contributed by atoms with Crippen LogP contribution in [0, 0.1) is 0 Å². The van der Waals surface area contributed by atoms with E-state index in [-0.39, 0.29) is 24.4 Å². The molecule has 2 heterocycles. The van der Waals surface area contributed by atoms with E-state index in [0.717, 1.165) is 24.8 Å². The monoisotopic (exact) mass is 418 g/mol. The van der Waals surface area contributed by atoms with Gasteiger partial charge in [-0.2, -0.15) is 0 Å². The van der Waals surface area contributed by atoms with Gasteiger partial charge < -0.3 is 9.80 Å². The van der Waals surface area contributed by atoms with Crippen molar-refractivity contribution in [3.63, 3.8) is 0 Å². The van der Waals surface area contributed by atoms with Crippen molar-refractivity contribution >= 4 is 34.8 Å². The SMILES string of the molecule is CCCC(=O)N(CCC)CC(=O)N1CCc2sccc2[C@@H]1c1ccc(Cl)cc1. The number of hydrogen-bond donors (Lipinski definition) is 0. The molecule has 0 saturated heterocycles. The van der Waals surface area contributed by atoms with Gasteiger partial charge in [-0.05, 0) is 54.0 Å². The Bertz CT molecular complexity index is 818. The molecule has 1 aromatic carbocycles. The predicted octanol–water partition coefficient (Wildman–Crippen LogP) is 4.91. The summed E-state index contributed by atoms with van der Waals surface area (Å²) in [5, 5.41) is 2.78. The summed E-state index contributed by atoms with van der Waals surface area (Å²) in [6.07, 6.45) is 2.99. The summed E-state index contributed by atoms with van der Waals surface area (Å²) < 4.78 is 0. The molecular weight excluding hydrogens is 392 g/mol. The summed E-state index contributed by atoms with van der Waals surface area (Å²) in [6, 6.07) is 9.72. The van der Waals surface area contributed by atoms with Crippen LogP contribution in [0.1, 0.15) is 55.2 Å². The van der Waals surface area contributed by atoms with Crippen LogP contribution >= 0.6 is 22.9 Å². The van der Waals surface area contributed by atoms with E-state index >= 15 is 0 Å². The standard InChI is InChI=1S/C22H27ClN2O2S/c1-3-5-20(26)24(12-4-2)15-21(27)25-13-10-19-18(11-14-28-19)22(25)16-6-8-17(23)9-7-16/h6-9,11,14,22H,3-5,10,12-13,15H2,1-2H3/t22-/m0/s1. The summed E-state index contributed by atoms with van der Waals surface area (Å²) in [6.45, 7) is 5.46. The minimum Gasteiger partial charge on any atom is -0.333 e. The summed E-state index contributed by atoms with van der Waals surface area (Å²) >= 11 is 7.82. The average Bonchev–Trinajstić information content (AvgIpc) is 3.16. The van der Waals surface area contributed by atoms with Gasteiger partial charge in [0, 0.05) is 29.4 Å². The Morgan fingerprint density at radius 2 is 1.93 bits per heavy atom. The van der Waals surface area contributed by atoms with Gasteiger partial charge in [0.1, 0.15) is 0 Å². The van der Waals surface area contributed by atoms with Crippen molar-refractivity contribution in [1.29, 1.82) is 0 Å². The van der Waals surface area contributed by atoms with Gasteiger partial charge in [-0.15, -0.1) is 11.3 Å². The molecule has 150 valence electrons. The average molecular weight is 419 g/mol. The third kappa shape index (κ3) is 4.58. The van der Waals surface area contributed by atoms with Gasteiger partial charge >= 0.3 is 0 Å². The van der Waals surface area contributed by atoms with E-state index in [9.17, 15) is 9.59 Å². The van der Waals surface area contributed by atoms with Crippen LogP contribution in [0.4, 0.5) is 0 Å². The third-order valence-electron chi connectivity index (χ3n) is 5.11. The van der Waals surface area contributed by atoms with Crippen LogP contribution in [0.25, 0.3) is 0 Å². The van der Waals surface area contributed by atoms with Crippen LogP contribution in [-0.4, -0.2) is 41.2 Å². The molecule has 1 aliphatic rings. The van der Waals surface area contributed by atoms with Gasteiger partial charge in [-0.1, -0.05) is 37.6 Å². The topological polar surface area (TPSA) is 40.6 Å². The Labute approximate surface area is 176 Å². The van der Waals surface area contributed by atoms with E-state index in [1.165, 1.54) is 10.4 Å². The van der Waals surface area contributed by atoms with Crippen molar-refractivity contribution in [3.8, 4) is 0 Å². The normalized spacial score (nSPS) is 16.0. The lowest BCUT2D eigenvalue weighted by atomic mass is 9.93. The Balaban J connectivity index is 1.87. The van der Waals surface area contributed by atoms with Gasteiger partial charge in [0.05, 0.1) is 12.6 Å². The molecule has 0 saturated carbocycles. The van der Waals surface area contributed by atoms with E-state index in [2.05, 4.69) is 11.4 Å². The van der Waals surface area contributed by atoms with Gasteiger partial charge in [-0.3, -0.25) is 9.59 Å². The first-order valence-electron chi connectivity index (χ1n) is 9.94. The number of amides is 2. The number of rotatable bonds is 7. The van der Waals surface area contributed by atoms with Gasteiger partial charge in [-0.25, -0.2) is 0 Å². The number of nitrogens with zero attached hydrogens (tertiary/aromatic N) is 2. The van der Waals surface area contributed by atoms with Crippen LogP contribution in [0.5, 0.6) is 0 Å². The third-order valence-corrected chi connectivity index (χ3v) is 6.36. The molecule has 2 amide bonds. The molecule has 0 aliphatic carbocycles. The lowest BCUT2D eigenvalue weighted by Crippen LogP contribution is -2.46. The molecule has 0 radical (unpaired) electrons. The summed E-state index contributed by atoms with van der Waals surface area (Å²) in [5.41, 5.74) is 2.24. The van der Waals surface area contributed by atoms with Crippen LogP contribution in [0.3, 0.4) is 0 Å². The molecule has 0 unspecified atom stereocenters. The number of halogens is 1. The van der Waals surface area contributed by atoms with Crippen molar-refractivity contribution in [2.45, 2.75) is 45.6 Å². The molecule has 1 aromatic heterocycles. The van der Waals surface area contributed by atoms with Crippen LogP contribution in [0.2, 0.25) is 5.02 Å². The Kier molecular flexibility index (Phi) is 7.13. The lowest BCUT2D eigenvalue weighted by molar-refractivity contribution is -0.141. The molecular formula is C22H27ClN2O2S. The maximum Gasteiger partial charge on any atom is 0.242 e. The fourth-order valence-corrected chi connectivity index (χ4v) is 4.81. The summed E-state index contributed by atoms with van der Waals surface area (Å²) in [4.78, 5) is 30.7. The van der Waals surface area contributed by atoms with Crippen molar-refractivity contribution in [2.24, 2.45) is 0 Å². The first kappa shape index (κ1) is 20.9. The fraction of sp³-hybridized carbons (Fsp3) is 0.455. The first-order valence-corrected chi connectivity index (χ1v) is 11.2. The highest BCUT2D eigenvalue weighted by Gasteiger charge is 2.33. The molecule has 4 nitrogen and oxygen atoms in total. The molecule has 0 N–H and O–H groups in total. The molecule has 28 heavy (non-hydrogen) atoms. The largest absolute Gasteiger partial charge is 0.333 e. The first-order chi connectivity index (χ1) is 13.5. The van der Waals surface area contributed by atoms with Crippen LogP contribution in [0.15, 0.2) is 35.7 Å². The van der Waals surface area contributed by atoms with E-state index < -0.39 is 0 Å². The number of carbonyl (C=O) groups is 2. The van der Waals surface area contributed by atoms with E-state index in [1.54, 1.807) is 16.2 Å². The highest BCUT2D eigenvalue weighted by Crippen LogP contribution is 2.38. The second kappa shape index (κ2) is 9.57. The van der Waals surface area contributed by atoms with Gasteiger partial charge in [0.25, 0.3) is 0 Å². The number of hydrogen-bond acceptors (Lipinski definition) is 3. The maximum absolute atomic E-state index is 13.3. The number of thiophene rings is 1. The zero-order valence-corrected chi connectivity index (χ0v) is 18.1. The highest BCUT2D eigenvalue weighted by atomic mass is 35.5. The minimum absolute atomic E-state index is 0.00898. The zero-order valence-electron chi connectivity index (χ0n) is 16.5. The highest BCUT2D eigenvalue weighted by molar-refractivity contribution is 7.10.